The Labute approximate surface area is 218 Å². The predicted octanol–water partition coefficient (Wildman–Crippen LogP) is 5.66. The number of fused-ring (bicyclic) bond motifs is 7. The number of H-pyrrole nitrogens is 2. The molecule has 2 aromatic heterocycles. The van der Waals surface area contributed by atoms with Crippen LogP contribution in [0.25, 0.3) is 21.8 Å². The molecule has 0 spiro atoms. The van der Waals surface area contributed by atoms with Crippen LogP contribution in [0.15, 0.2) is 49.1 Å². The highest BCUT2D eigenvalue weighted by Crippen LogP contribution is 2.46. The van der Waals surface area contributed by atoms with Crippen molar-refractivity contribution in [2.24, 2.45) is 11.8 Å². The first-order valence-electron chi connectivity index (χ1n) is 13.6. The number of hydrogen-bond donors (Lipinski definition) is 3. The summed E-state index contributed by atoms with van der Waals surface area (Å²) in [5.74, 6) is 3.16. The molecule has 3 fully saturated rings. The SMILES string of the molecule is C=CC1CN2CCC1CC2c1[nH]c2ccc(OC)cc2c1CC1NCCc2c1[nH]c1ccc(OC)cc21. The summed E-state index contributed by atoms with van der Waals surface area (Å²) < 4.78 is 11.2. The van der Waals surface area contributed by atoms with Crippen molar-refractivity contribution in [2.75, 3.05) is 33.9 Å². The number of nitrogens with zero attached hydrogens (tertiary/aromatic N) is 1. The molecule has 4 aliphatic heterocycles. The molecule has 3 saturated heterocycles. The van der Waals surface area contributed by atoms with E-state index < -0.39 is 0 Å². The fourth-order valence-electron chi connectivity index (χ4n) is 7.31. The smallest absolute Gasteiger partial charge is 0.119 e. The molecule has 6 heterocycles. The molecule has 0 aliphatic carbocycles. The summed E-state index contributed by atoms with van der Waals surface area (Å²) in [5, 5.41) is 6.41. The Bertz CT molecular complexity index is 1480. The molecule has 3 N–H and O–H groups in total. The number of aromatic nitrogens is 2. The van der Waals surface area contributed by atoms with Crippen LogP contribution in [0.1, 0.15) is 47.4 Å². The van der Waals surface area contributed by atoms with Crippen LogP contribution in [0, 0.1) is 11.8 Å². The van der Waals surface area contributed by atoms with Crippen LogP contribution in [-0.4, -0.2) is 48.7 Å². The van der Waals surface area contributed by atoms with Gasteiger partial charge in [-0.05, 0) is 98.1 Å². The Hall–Kier alpha value is -3.22. The van der Waals surface area contributed by atoms with Gasteiger partial charge < -0.3 is 24.8 Å². The molecule has 6 heteroatoms. The lowest BCUT2D eigenvalue weighted by molar-refractivity contribution is 0.0163. The number of benzene rings is 2. The van der Waals surface area contributed by atoms with E-state index in [2.05, 4.69) is 63.2 Å². The van der Waals surface area contributed by atoms with Crippen LogP contribution < -0.4 is 14.8 Å². The highest BCUT2D eigenvalue weighted by Gasteiger charge is 2.41. The molecule has 0 amide bonds. The second-order valence-electron chi connectivity index (χ2n) is 11.0. The number of aromatic amines is 2. The standard InChI is InChI=1S/C31H36N4O2/c1-4-18-17-35-12-10-19(18)13-29(35)31-25(24-15-21(37-3)6-8-27(24)34-31)16-28-30-22(9-11-32-28)23-14-20(36-2)5-7-26(23)33-30/h4-8,14-15,18-19,28-29,32-34H,1,9-13,16-17H2,2-3H3. The number of nitrogens with one attached hydrogen (secondary N) is 3. The lowest BCUT2D eigenvalue weighted by atomic mass is 9.74. The van der Waals surface area contributed by atoms with Crippen LogP contribution in [-0.2, 0) is 12.8 Å². The highest BCUT2D eigenvalue weighted by atomic mass is 16.5. The lowest BCUT2D eigenvalue weighted by Crippen LogP contribution is -2.48. The second-order valence-corrected chi connectivity index (χ2v) is 11.0. The average Bonchev–Trinajstić information content (AvgIpc) is 3.51. The molecule has 5 unspecified atom stereocenters. The minimum atomic E-state index is 0.225. The van der Waals surface area contributed by atoms with Crippen LogP contribution in [0.2, 0.25) is 0 Å². The van der Waals surface area contributed by atoms with Crippen molar-refractivity contribution in [2.45, 2.75) is 37.8 Å². The zero-order valence-electron chi connectivity index (χ0n) is 21.8. The molecule has 8 rings (SSSR count). The fourth-order valence-corrected chi connectivity index (χ4v) is 7.31. The Morgan fingerprint density at radius 2 is 1.73 bits per heavy atom. The van der Waals surface area contributed by atoms with Crippen molar-refractivity contribution in [1.82, 2.24) is 20.2 Å². The van der Waals surface area contributed by atoms with Gasteiger partial charge in [0.1, 0.15) is 11.5 Å². The molecular formula is C31H36N4O2. The maximum atomic E-state index is 5.65. The van der Waals surface area contributed by atoms with E-state index in [0.717, 1.165) is 43.3 Å². The fraction of sp³-hybridized carbons (Fsp3) is 0.419. The summed E-state index contributed by atoms with van der Waals surface area (Å²) in [6.45, 7) is 7.40. The van der Waals surface area contributed by atoms with Gasteiger partial charge >= 0.3 is 0 Å². The molecular weight excluding hydrogens is 460 g/mol. The minimum Gasteiger partial charge on any atom is -0.497 e. The van der Waals surface area contributed by atoms with E-state index in [9.17, 15) is 0 Å². The first-order chi connectivity index (χ1) is 18.2. The van der Waals surface area contributed by atoms with E-state index in [1.165, 1.54) is 63.7 Å². The molecule has 0 saturated carbocycles. The van der Waals surface area contributed by atoms with E-state index in [1.807, 2.05) is 6.07 Å². The normalized spacial score (nSPS) is 26.9. The molecule has 0 radical (unpaired) electrons. The maximum Gasteiger partial charge on any atom is 0.119 e. The second kappa shape index (κ2) is 8.96. The van der Waals surface area contributed by atoms with Crippen LogP contribution in [0.3, 0.4) is 0 Å². The summed E-state index contributed by atoms with van der Waals surface area (Å²) in [7, 11) is 3.49. The third-order valence-electron chi connectivity index (χ3n) is 9.26. The van der Waals surface area contributed by atoms with Gasteiger partial charge in [-0.2, -0.15) is 0 Å². The summed E-state index contributed by atoms with van der Waals surface area (Å²) in [4.78, 5) is 10.3. The number of rotatable bonds is 6. The maximum absolute atomic E-state index is 5.65. The summed E-state index contributed by atoms with van der Waals surface area (Å²) in [5.41, 5.74) is 7.93. The van der Waals surface area contributed by atoms with Crippen molar-refractivity contribution in [3.8, 4) is 11.5 Å². The van der Waals surface area contributed by atoms with E-state index in [1.54, 1.807) is 14.2 Å². The van der Waals surface area contributed by atoms with Crippen molar-refractivity contribution in [3.63, 3.8) is 0 Å². The van der Waals surface area contributed by atoms with Gasteiger partial charge in [0, 0.05) is 39.7 Å². The summed E-state index contributed by atoms with van der Waals surface area (Å²) >= 11 is 0. The number of piperidine rings is 3. The van der Waals surface area contributed by atoms with Gasteiger partial charge in [0.15, 0.2) is 0 Å². The van der Waals surface area contributed by atoms with Crippen LogP contribution in [0.4, 0.5) is 0 Å². The molecule has 37 heavy (non-hydrogen) atoms. The van der Waals surface area contributed by atoms with Gasteiger partial charge in [-0.15, -0.1) is 6.58 Å². The molecule has 4 aliphatic rings. The van der Waals surface area contributed by atoms with Crippen molar-refractivity contribution < 1.29 is 9.47 Å². The zero-order chi connectivity index (χ0) is 25.1. The Balaban J connectivity index is 1.31. The third kappa shape index (κ3) is 3.69. The van der Waals surface area contributed by atoms with E-state index in [4.69, 9.17) is 9.47 Å². The van der Waals surface area contributed by atoms with Gasteiger partial charge in [-0.3, -0.25) is 4.90 Å². The van der Waals surface area contributed by atoms with Crippen molar-refractivity contribution >= 4 is 21.8 Å². The monoisotopic (exact) mass is 496 g/mol. The van der Waals surface area contributed by atoms with Gasteiger partial charge in [0.05, 0.1) is 26.3 Å². The van der Waals surface area contributed by atoms with Crippen LogP contribution >= 0.6 is 0 Å². The molecule has 192 valence electrons. The molecule has 4 aromatic rings. The Kier molecular flexibility index (Phi) is 5.56. The van der Waals surface area contributed by atoms with Gasteiger partial charge in [-0.25, -0.2) is 0 Å². The van der Waals surface area contributed by atoms with Gasteiger partial charge in [-0.1, -0.05) is 6.08 Å². The lowest BCUT2D eigenvalue weighted by Gasteiger charge is -2.49. The van der Waals surface area contributed by atoms with Gasteiger partial charge in [0.2, 0.25) is 0 Å². The number of methoxy groups -OCH3 is 2. The van der Waals surface area contributed by atoms with E-state index in [-0.39, 0.29) is 6.04 Å². The summed E-state index contributed by atoms with van der Waals surface area (Å²) in [6, 6.07) is 13.5. The zero-order valence-corrected chi connectivity index (χ0v) is 21.8. The topological polar surface area (TPSA) is 65.3 Å². The van der Waals surface area contributed by atoms with Crippen molar-refractivity contribution in [1.29, 1.82) is 0 Å². The predicted molar refractivity (Wildman–Crippen MR) is 149 cm³/mol. The third-order valence-corrected chi connectivity index (χ3v) is 9.26. The Morgan fingerprint density at radius 3 is 2.43 bits per heavy atom. The Morgan fingerprint density at radius 1 is 1.00 bits per heavy atom. The molecule has 2 aromatic carbocycles. The average molecular weight is 497 g/mol. The first-order valence-corrected chi connectivity index (χ1v) is 13.6. The number of ether oxygens (including phenoxy) is 2. The first kappa shape index (κ1) is 22.9. The highest BCUT2D eigenvalue weighted by molar-refractivity contribution is 5.88. The van der Waals surface area contributed by atoms with E-state index >= 15 is 0 Å². The molecule has 2 bridgehead atoms. The molecule has 5 atom stereocenters. The minimum absolute atomic E-state index is 0.225. The van der Waals surface area contributed by atoms with Crippen molar-refractivity contribution in [3.05, 3.63) is 71.6 Å². The number of hydrogen-bond acceptors (Lipinski definition) is 4. The van der Waals surface area contributed by atoms with E-state index in [0.29, 0.717) is 12.0 Å². The molecule has 6 nitrogen and oxygen atoms in total. The largest absolute Gasteiger partial charge is 0.497 e. The quantitative estimate of drug-likeness (QED) is 0.301. The van der Waals surface area contributed by atoms with Gasteiger partial charge in [0.25, 0.3) is 0 Å². The van der Waals surface area contributed by atoms with Crippen LogP contribution in [0.5, 0.6) is 11.5 Å². The summed E-state index contributed by atoms with van der Waals surface area (Å²) in [6.07, 6.45) is 6.61.